The maximum absolute atomic E-state index is 11.9. The lowest BCUT2D eigenvalue weighted by molar-refractivity contribution is -0.139. The summed E-state index contributed by atoms with van der Waals surface area (Å²) in [5.74, 6) is -1.93. The van der Waals surface area contributed by atoms with Crippen LogP contribution in [0.3, 0.4) is 0 Å². The van der Waals surface area contributed by atoms with Crippen LogP contribution < -0.4 is 10.7 Å². The molecule has 0 atom stereocenters. The average molecular weight is 320 g/mol. The number of rotatable bonds is 3. The fourth-order valence-electron chi connectivity index (χ4n) is 2.11. The van der Waals surface area contributed by atoms with Crippen LogP contribution in [0.25, 0.3) is 0 Å². The van der Waals surface area contributed by atoms with E-state index >= 15 is 0 Å². The van der Waals surface area contributed by atoms with Gasteiger partial charge in [0.25, 0.3) is 0 Å². The first-order valence-electron chi connectivity index (χ1n) is 7.23. The average Bonchev–Trinajstić information content (AvgIpc) is 2.56. The number of benzene rings is 1. The second-order valence-electron chi connectivity index (χ2n) is 5.25. The van der Waals surface area contributed by atoms with Crippen molar-refractivity contribution < 1.29 is 19.1 Å². The number of anilines is 1. The predicted molar refractivity (Wildman–Crippen MR) is 83.6 cm³/mol. The minimum atomic E-state index is -0.755. The highest BCUT2D eigenvalue weighted by Gasteiger charge is 2.20. The van der Waals surface area contributed by atoms with Gasteiger partial charge in [-0.15, -0.1) is 0 Å². The maximum atomic E-state index is 11.9. The van der Waals surface area contributed by atoms with Crippen LogP contribution >= 0.6 is 0 Å². The normalized spacial score (nSPS) is 15.7. The molecule has 23 heavy (non-hydrogen) atoms. The Morgan fingerprint density at radius 3 is 2.17 bits per heavy atom. The lowest BCUT2D eigenvalue weighted by atomic mass is 10.2. The van der Waals surface area contributed by atoms with Crippen LogP contribution in [0.15, 0.2) is 24.3 Å². The van der Waals surface area contributed by atoms with Crippen LogP contribution in [0.2, 0.25) is 0 Å². The molecule has 0 aliphatic carbocycles. The van der Waals surface area contributed by atoms with Gasteiger partial charge in [-0.1, -0.05) is 0 Å². The summed E-state index contributed by atoms with van der Waals surface area (Å²) in [5.41, 5.74) is 3.37. The number of nitrogens with zero attached hydrogens (tertiary/aromatic N) is 2. The van der Waals surface area contributed by atoms with E-state index in [1.807, 2.05) is 7.05 Å². The standard InChI is InChI=1S/C15H20N4O4/c1-18-7-9-19(10-8-18)17-14(21)13(20)16-12-5-3-11(4-6-12)15(22)23-2/h3-6H,7-10H2,1-2H3,(H,16,20)(H,17,21). The molecule has 0 unspecified atom stereocenters. The Kier molecular flexibility index (Phi) is 5.67. The third-order valence-corrected chi connectivity index (χ3v) is 3.53. The van der Waals surface area contributed by atoms with Crippen LogP contribution in [-0.2, 0) is 14.3 Å². The van der Waals surface area contributed by atoms with E-state index in [4.69, 9.17) is 0 Å². The summed E-state index contributed by atoms with van der Waals surface area (Å²) in [6, 6.07) is 6.10. The van der Waals surface area contributed by atoms with Crippen molar-refractivity contribution in [3.05, 3.63) is 29.8 Å². The Hall–Kier alpha value is -2.45. The fraction of sp³-hybridized carbons (Fsp3) is 0.400. The predicted octanol–water partition coefficient (Wildman–Crippen LogP) is -0.310. The Bertz CT molecular complexity index is 580. The summed E-state index contributed by atoms with van der Waals surface area (Å²) in [6.07, 6.45) is 0. The summed E-state index contributed by atoms with van der Waals surface area (Å²) < 4.78 is 4.59. The van der Waals surface area contributed by atoms with Gasteiger partial charge < -0.3 is 15.0 Å². The van der Waals surface area contributed by atoms with E-state index in [0.717, 1.165) is 13.1 Å². The van der Waals surface area contributed by atoms with Gasteiger partial charge in [-0.25, -0.2) is 9.80 Å². The van der Waals surface area contributed by atoms with Gasteiger partial charge in [0.2, 0.25) is 0 Å². The topological polar surface area (TPSA) is 91.0 Å². The quantitative estimate of drug-likeness (QED) is 0.586. The Labute approximate surface area is 134 Å². The second-order valence-corrected chi connectivity index (χ2v) is 5.25. The first-order valence-corrected chi connectivity index (χ1v) is 7.23. The van der Waals surface area contributed by atoms with E-state index in [1.165, 1.54) is 31.4 Å². The summed E-state index contributed by atoms with van der Waals surface area (Å²) in [7, 11) is 3.30. The molecule has 0 saturated carbocycles. The number of methoxy groups -OCH3 is 1. The number of esters is 1. The summed E-state index contributed by atoms with van der Waals surface area (Å²) in [6.45, 7) is 3.00. The van der Waals surface area contributed by atoms with E-state index in [9.17, 15) is 14.4 Å². The van der Waals surface area contributed by atoms with Crippen LogP contribution in [0, 0.1) is 0 Å². The SMILES string of the molecule is COC(=O)c1ccc(NC(=O)C(=O)NN2CCN(C)CC2)cc1. The highest BCUT2D eigenvalue weighted by molar-refractivity contribution is 6.39. The van der Waals surface area contributed by atoms with Crippen molar-refractivity contribution in [2.24, 2.45) is 0 Å². The third kappa shape index (κ3) is 4.76. The highest BCUT2D eigenvalue weighted by Crippen LogP contribution is 2.10. The van der Waals surface area contributed by atoms with Gasteiger partial charge in [-0.3, -0.25) is 15.0 Å². The Morgan fingerprint density at radius 2 is 1.61 bits per heavy atom. The molecule has 0 spiro atoms. The van der Waals surface area contributed by atoms with Crippen molar-refractivity contribution in [3.63, 3.8) is 0 Å². The van der Waals surface area contributed by atoms with E-state index in [-0.39, 0.29) is 0 Å². The van der Waals surface area contributed by atoms with Crippen molar-refractivity contribution in [1.29, 1.82) is 0 Å². The number of likely N-dealkylation sites (N-methyl/N-ethyl adjacent to an activating group) is 1. The molecule has 0 aromatic heterocycles. The molecule has 1 aliphatic heterocycles. The van der Waals surface area contributed by atoms with Crippen LogP contribution in [0.5, 0.6) is 0 Å². The third-order valence-electron chi connectivity index (χ3n) is 3.53. The zero-order chi connectivity index (χ0) is 16.8. The van der Waals surface area contributed by atoms with Crippen LogP contribution in [0.4, 0.5) is 5.69 Å². The number of amides is 2. The van der Waals surface area contributed by atoms with Gasteiger partial charge in [0.1, 0.15) is 0 Å². The van der Waals surface area contributed by atoms with Crippen molar-refractivity contribution >= 4 is 23.5 Å². The summed E-state index contributed by atoms with van der Waals surface area (Å²) >= 11 is 0. The fourth-order valence-corrected chi connectivity index (χ4v) is 2.11. The molecule has 1 aromatic rings. The van der Waals surface area contributed by atoms with Gasteiger partial charge in [0, 0.05) is 31.9 Å². The monoisotopic (exact) mass is 320 g/mol. The number of hydrogen-bond donors (Lipinski definition) is 2. The van der Waals surface area contributed by atoms with Crippen molar-refractivity contribution in [2.45, 2.75) is 0 Å². The molecule has 2 amide bonds. The number of carbonyl (C=O) groups is 3. The molecule has 1 fully saturated rings. The lowest BCUT2D eigenvalue weighted by Gasteiger charge is -2.32. The molecule has 2 rings (SSSR count). The zero-order valence-corrected chi connectivity index (χ0v) is 13.2. The minimum absolute atomic E-state index is 0.368. The molecular weight excluding hydrogens is 300 g/mol. The van der Waals surface area contributed by atoms with Crippen molar-refractivity contribution in [2.75, 3.05) is 45.7 Å². The van der Waals surface area contributed by atoms with Crippen molar-refractivity contribution in [3.8, 4) is 0 Å². The van der Waals surface area contributed by atoms with Gasteiger partial charge >= 0.3 is 17.8 Å². The largest absolute Gasteiger partial charge is 0.465 e. The summed E-state index contributed by atoms with van der Waals surface area (Å²) in [5, 5.41) is 4.21. The Morgan fingerprint density at radius 1 is 1.00 bits per heavy atom. The number of nitrogens with one attached hydrogen (secondary N) is 2. The molecule has 1 saturated heterocycles. The molecule has 124 valence electrons. The first-order chi connectivity index (χ1) is 11.0. The number of piperazine rings is 1. The van der Waals surface area contributed by atoms with E-state index in [2.05, 4.69) is 20.4 Å². The molecule has 1 aliphatic rings. The lowest BCUT2D eigenvalue weighted by Crippen LogP contribution is -2.54. The van der Waals surface area contributed by atoms with Gasteiger partial charge in [0.15, 0.2) is 0 Å². The minimum Gasteiger partial charge on any atom is -0.465 e. The van der Waals surface area contributed by atoms with E-state index in [1.54, 1.807) is 5.01 Å². The first kappa shape index (κ1) is 16.9. The van der Waals surface area contributed by atoms with E-state index < -0.39 is 17.8 Å². The zero-order valence-electron chi connectivity index (χ0n) is 13.2. The number of ether oxygens (including phenoxy) is 1. The van der Waals surface area contributed by atoms with Crippen LogP contribution in [0.1, 0.15) is 10.4 Å². The van der Waals surface area contributed by atoms with Gasteiger partial charge in [-0.2, -0.15) is 0 Å². The van der Waals surface area contributed by atoms with Crippen molar-refractivity contribution in [1.82, 2.24) is 15.3 Å². The smallest absolute Gasteiger partial charge is 0.337 e. The molecule has 1 aromatic carbocycles. The maximum Gasteiger partial charge on any atom is 0.337 e. The molecule has 8 heteroatoms. The molecule has 1 heterocycles. The molecule has 0 bridgehead atoms. The van der Waals surface area contributed by atoms with Crippen LogP contribution in [-0.4, -0.2) is 68.0 Å². The number of hydrogen-bond acceptors (Lipinski definition) is 6. The molecular formula is C15H20N4O4. The van der Waals surface area contributed by atoms with Gasteiger partial charge in [-0.05, 0) is 31.3 Å². The molecule has 2 N–H and O–H groups in total. The van der Waals surface area contributed by atoms with Gasteiger partial charge in [0.05, 0.1) is 12.7 Å². The highest BCUT2D eigenvalue weighted by atomic mass is 16.5. The molecule has 0 radical (unpaired) electrons. The number of hydrazine groups is 1. The Balaban J connectivity index is 1.86. The summed E-state index contributed by atoms with van der Waals surface area (Å²) in [4.78, 5) is 37.2. The number of carbonyl (C=O) groups excluding carboxylic acids is 3. The second kappa shape index (κ2) is 7.70. The molecule has 8 nitrogen and oxygen atoms in total. The van der Waals surface area contributed by atoms with E-state index in [0.29, 0.717) is 24.3 Å².